The molecule has 8 heteroatoms. The number of alkyl halides is 3. The van der Waals surface area contributed by atoms with Crippen LogP contribution in [0.1, 0.15) is 27.8 Å². The van der Waals surface area contributed by atoms with Gasteiger partial charge in [0.15, 0.2) is 0 Å². The average Bonchev–Trinajstić information content (AvgIpc) is 3.45. The Hall–Kier alpha value is -5.96. The standard InChI is InChI=1S/C33H12F4N4/c1-40-29(15-38)31-21-6-4-3-5-19(21)22-13-26-23(14-25(22)31)20-9-7-17(11-24(20)32(26)30(16-39)41-2)18-8-10-28(34)27(12-18)33(35,36)37/h3-14H. The lowest BCUT2D eigenvalue weighted by molar-refractivity contribution is -0.139. The summed E-state index contributed by atoms with van der Waals surface area (Å²) in [4.78, 5) is 6.87. The molecule has 4 nitrogen and oxygen atoms in total. The first-order valence-electron chi connectivity index (χ1n) is 12.1. The smallest absolute Gasteiger partial charge is 0.226 e. The van der Waals surface area contributed by atoms with Crippen molar-refractivity contribution in [2.45, 2.75) is 6.18 Å². The summed E-state index contributed by atoms with van der Waals surface area (Å²) in [5.41, 5.74) is 4.86. The van der Waals surface area contributed by atoms with Crippen LogP contribution >= 0.6 is 0 Å². The normalized spacial score (nSPS) is 14.8. The number of allylic oxidation sites excluding steroid dienone is 2. The van der Waals surface area contributed by atoms with Crippen molar-refractivity contribution in [3.63, 3.8) is 0 Å². The van der Waals surface area contributed by atoms with Crippen molar-refractivity contribution in [1.82, 2.24) is 0 Å². The Labute approximate surface area is 231 Å². The molecular formula is C33H12F4N4. The van der Waals surface area contributed by atoms with E-state index in [1.54, 1.807) is 18.2 Å². The Bertz CT molecular complexity index is 2060. The molecule has 6 rings (SSSR count). The van der Waals surface area contributed by atoms with Crippen LogP contribution in [0, 0.1) is 41.6 Å². The number of halogens is 4. The summed E-state index contributed by atoms with van der Waals surface area (Å²) in [7, 11) is 0. The van der Waals surface area contributed by atoms with Gasteiger partial charge in [0, 0.05) is 11.1 Å². The van der Waals surface area contributed by atoms with Gasteiger partial charge < -0.3 is 0 Å². The molecule has 0 saturated heterocycles. The number of benzene rings is 4. The summed E-state index contributed by atoms with van der Waals surface area (Å²) < 4.78 is 54.2. The first kappa shape index (κ1) is 25.3. The van der Waals surface area contributed by atoms with E-state index in [-0.39, 0.29) is 17.0 Å². The van der Waals surface area contributed by atoms with Gasteiger partial charge in [-0.2, -0.15) is 13.2 Å². The molecule has 4 aromatic rings. The molecule has 2 aliphatic carbocycles. The van der Waals surface area contributed by atoms with Gasteiger partial charge in [0.2, 0.25) is 0 Å². The number of fused-ring (bicyclic) bond motifs is 6. The molecule has 41 heavy (non-hydrogen) atoms. The second-order valence-corrected chi connectivity index (χ2v) is 9.34. The van der Waals surface area contributed by atoms with Crippen LogP contribution in [0.2, 0.25) is 0 Å². The van der Waals surface area contributed by atoms with Gasteiger partial charge in [0.05, 0.1) is 30.8 Å². The molecule has 0 aliphatic heterocycles. The van der Waals surface area contributed by atoms with Crippen LogP contribution in [0.4, 0.5) is 17.6 Å². The highest BCUT2D eigenvalue weighted by Gasteiger charge is 2.35. The lowest BCUT2D eigenvalue weighted by atomic mass is 9.95. The van der Waals surface area contributed by atoms with E-state index in [0.29, 0.717) is 44.5 Å². The molecule has 0 radical (unpaired) electrons. The van der Waals surface area contributed by atoms with Gasteiger partial charge in [0.25, 0.3) is 11.4 Å². The van der Waals surface area contributed by atoms with E-state index in [0.717, 1.165) is 28.8 Å². The maximum atomic E-state index is 14.0. The predicted molar refractivity (Wildman–Crippen MR) is 144 cm³/mol. The van der Waals surface area contributed by atoms with Gasteiger partial charge in [-0.25, -0.2) is 24.6 Å². The van der Waals surface area contributed by atoms with E-state index in [1.165, 1.54) is 6.07 Å². The molecule has 0 saturated carbocycles. The lowest BCUT2D eigenvalue weighted by Gasteiger charge is -2.12. The quantitative estimate of drug-likeness (QED) is 0.119. The van der Waals surface area contributed by atoms with E-state index in [9.17, 15) is 28.1 Å². The minimum atomic E-state index is -4.88. The van der Waals surface area contributed by atoms with Gasteiger partial charge in [0.1, 0.15) is 5.82 Å². The van der Waals surface area contributed by atoms with Crippen molar-refractivity contribution in [2.24, 2.45) is 0 Å². The van der Waals surface area contributed by atoms with Crippen molar-refractivity contribution < 1.29 is 17.6 Å². The highest BCUT2D eigenvalue weighted by molar-refractivity contribution is 6.11. The van der Waals surface area contributed by atoms with Gasteiger partial charge in [-0.15, -0.1) is 0 Å². The highest BCUT2D eigenvalue weighted by atomic mass is 19.4. The molecule has 0 N–H and O–H groups in total. The Morgan fingerprint density at radius 3 is 1.66 bits per heavy atom. The third-order valence-electron chi connectivity index (χ3n) is 7.28. The maximum Gasteiger partial charge on any atom is 0.419 e. The van der Waals surface area contributed by atoms with Crippen LogP contribution in [0.5, 0.6) is 0 Å². The summed E-state index contributed by atoms with van der Waals surface area (Å²) in [6.07, 6.45) is -4.88. The number of nitrogens with zero attached hydrogens (tertiary/aromatic N) is 4. The molecule has 2 aliphatic rings. The zero-order valence-electron chi connectivity index (χ0n) is 20.7. The SMILES string of the molecule is [C-]#[N+]C(C#N)=C1c2ccccc2-c2cc3c(cc21)-c1ccc(-c2ccc(F)c(C(F)(F)F)c2)cc1C3=C(C#N)[N+]#[C-]. The minimum absolute atomic E-state index is 0.0730. The van der Waals surface area contributed by atoms with E-state index in [1.807, 2.05) is 48.5 Å². The van der Waals surface area contributed by atoms with Crippen LogP contribution in [-0.4, -0.2) is 0 Å². The Morgan fingerprint density at radius 2 is 1.10 bits per heavy atom. The van der Waals surface area contributed by atoms with Gasteiger partial charge in [-0.05, 0) is 86.0 Å². The van der Waals surface area contributed by atoms with Crippen LogP contribution in [0.25, 0.3) is 54.2 Å². The molecule has 0 unspecified atom stereocenters. The van der Waals surface area contributed by atoms with Gasteiger partial charge in [-0.3, -0.25) is 0 Å². The fourth-order valence-electron chi connectivity index (χ4n) is 5.56. The Balaban J connectivity index is 1.63. The molecule has 0 amide bonds. The fraction of sp³-hybridized carbons (Fsp3) is 0.0303. The second-order valence-electron chi connectivity index (χ2n) is 9.34. The third-order valence-corrected chi connectivity index (χ3v) is 7.28. The molecule has 0 spiro atoms. The van der Waals surface area contributed by atoms with E-state index in [2.05, 4.69) is 9.69 Å². The lowest BCUT2D eigenvalue weighted by Crippen LogP contribution is -2.08. The number of hydrogen-bond acceptors (Lipinski definition) is 2. The number of hydrogen-bond donors (Lipinski definition) is 0. The van der Waals surface area contributed by atoms with Crippen molar-refractivity contribution in [1.29, 1.82) is 10.5 Å². The average molecular weight is 540 g/mol. The monoisotopic (exact) mass is 540 g/mol. The van der Waals surface area contributed by atoms with E-state index in [4.69, 9.17) is 13.1 Å². The summed E-state index contributed by atoms with van der Waals surface area (Å²) in [5, 5.41) is 19.5. The zero-order chi connectivity index (χ0) is 29.1. The molecule has 192 valence electrons. The van der Waals surface area contributed by atoms with Gasteiger partial charge in [-0.1, -0.05) is 42.5 Å². The fourth-order valence-corrected chi connectivity index (χ4v) is 5.56. The van der Waals surface area contributed by atoms with E-state index < -0.39 is 17.6 Å². The number of rotatable bonds is 1. The predicted octanol–water partition coefficient (Wildman–Crippen LogP) is 8.88. The first-order valence-corrected chi connectivity index (χ1v) is 12.1. The summed E-state index contributed by atoms with van der Waals surface area (Å²) in [6, 6.07) is 22.5. The summed E-state index contributed by atoms with van der Waals surface area (Å²) >= 11 is 0. The molecule has 4 aromatic carbocycles. The molecular weight excluding hydrogens is 528 g/mol. The summed E-state index contributed by atoms with van der Waals surface area (Å²) in [6.45, 7) is 15.2. The minimum Gasteiger partial charge on any atom is -0.226 e. The van der Waals surface area contributed by atoms with E-state index >= 15 is 0 Å². The maximum absolute atomic E-state index is 14.0. The molecule has 0 bridgehead atoms. The third kappa shape index (κ3) is 3.71. The van der Waals surface area contributed by atoms with Crippen LogP contribution < -0.4 is 0 Å². The highest BCUT2D eigenvalue weighted by Crippen LogP contribution is 2.54. The zero-order valence-corrected chi connectivity index (χ0v) is 20.7. The van der Waals surface area contributed by atoms with Crippen LogP contribution in [0.15, 0.2) is 84.2 Å². The van der Waals surface area contributed by atoms with Gasteiger partial charge >= 0.3 is 6.18 Å². The van der Waals surface area contributed by atoms with Crippen LogP contribution in [0.3, 0.4) is 0 Å². The Kier molecular flexibility index (Phi) is 5.60. The van der Waals surface area contributed by atoms with Crippen molar-refractivity contribution >= 4 is 11.1 Å². The van der Waals surface area contributed by atoms with Crippen LogP contribution in [-0.2, 0) is 6.18 Å². The largest absolute Gasteiger partial charge is 0.419 e. The molecule has 0 heterocycles. The van der Waals surface area contributed by atoms with Crippen molar-refractivity contribution in [3.05, 3.63) is 141 Å². The topological polar surface area (TPSA) is 56.3 Å². The molecule has 0 aromatic heterocycles. The Morgan fingerprint density at radius 1 is 0.610 bits per heavy atom. The second kappa shape index (κ2) is 9.06. The van der Waals surface area contributed by atoms with Crippen molar-refractivity contribution in [2.75, 3.05) is 0 Å². The molecule has 0 fully saturated rings. The van der Waals surface area contributed by atoms with Crippen molar-refractivity contribution in [3.8, 4) is 45.5 Å². The first-order chi connectivity index (χ1) is 19.7. The number of nitriles is 2. The summed E-state index contributed by atoms with van der Waals surface area (Å²) in [5.74, 6) is -1.38. The molecule has 0 atom stereocenters.